The van der Waals surface area contributed by atoms with Gasteiger partial charge in [-0.15, -0.1) is 0 Å². The first-order valence-corrected chi connectivity index (χ1v) is 3.98. The van der Waals surface area contributed by atoms with E-state index in [4.69, 9.17) is 5.21 Å². The van der Waals surface area contributed by atoms with Gasteiger partial charge in [0.15, 0.2) is 0 Å². The third-order valence-corrected chi connectivity index (χ3v) is 1.90. The Morgan fingerprint density at radius 3 is 2.83 bits per heavy atom. The lowest BCUT2D eigenvalue weighted by Gasteiger charge is -2.34. The summed E-state index contributed by atoms with van der Waals surface area (Å²) in [6.07, 6.45) is 1.37. The van der Waals surface area contributed by atoms with Crippen molar-refractivity contribution in [3.05, 3.63) is 0 Å². The summed E-state index contributed by atoms with van der Waals surface area (Å²) in [4.78, 5) is 6.28. The van der Waals surface area contributed by atoms with E-state index in [-0.39, 0.29) is 5.41 Å². The Labute approximate surface area is 72.6 Å². The van der Waals surface area contributed by atoms with E-state index in [1.807, 2.05) is 11.9 Å². The number of amidine groups is 1. The zero-order valence-electron chi connectivity index (χ0n) is 7.78. The largest absolute Gasteiger partial charge is 0.411 e. The first-order valence-electron chi connectivity index (χ1n) is 3.98. The summed E-state index contributed by atoms with van der Waals surface area (Å²) >= 11 is 0. The van der Waals surface area contributed by atoms with Gasteiger partial charge in [-0.2, -0.15) is 0 Å². The van der Waals surface area contributed by atoms with Crippen LogP contribution in [0, 0.1) is 5.41 Å². The van der Waals surface area contributed by atoms with Crippen molar-refractivity contribution in [2.75, 3.05) is 20.1 Å². The molecule has 0 radical (unpaired) electrons. The molecule has 1 aliphatic heterocycles. The molecule has 1 aliphatic rings. The van der Waals surface area contributed by atoms with Crippen LogP contribution in [0.5, 0.6) is 0 Å². The molecule has 0 aromatic carbocycles. The zero-order valence-corrected chi connectivity index (χ0v) is 7.78. The fourth-order valence-corrected chi connectivity index (χ4v) is 1.38. The molecule has 1 N–H and O–H groups in total. The maximum Gasteiger partial charge on any atom is 0.145 e. The van der Waals surface area contributed by atoms with Crippen LogP contribution in [0.2, 0.25) is 0 Å². The minimum atomic E-state index is 0.224. The van der Waals surface area contributed by atoms with E-state index in [0.29, 0.717) is 0 Å². The van der Waals surface area contributed by atoms with Crippen LogP contribution in [0.15, 0.2) is 10.1 Å². The molecule has 12 heavy (non-hydrogen) atoms. The molecule has 0 aromatic heterocycles. The van der Waals surface area contributed by atoms with Gasteiger partial charge in [-0.3, -0.25) is 4.99 Å². The summed E-state index contributed by atoms with van der Waals surface area (Å²) in [6, 6.07) is 0. The summed E-state index contributed by atoms with van der Waals surface area (Å²) in [5, 5.41) is 11.3. The highest BCUT2D eigenvalue weighted by Gasteiger charge is 2.25. The molecule has 0 bridgehead atoms. The average Bonchev–Trinajstić information content (AvgIpc) is 1.94. The van der Waals surface area contributed by atoms with Gasteiger partial charge in [0.2, 0.25) is 0 Å². The van der Waals surface area contributed by atoms with Crippen LogP contribution in [0.4, 0.5) is 0 Å². The van der Waals surface area contributed by atoms with E-state index in [2.05, 4.69) is 24.0 Å². The zero-order chi connectivity index (χ0) is 9.19. The molecule has 0 saturated heterocycles. The van der Waals surface area contributed by atoms with Crippen molar-refractivity contribution in [3.8, 4) is 0 Å². The lowest BCUT2D eigenvalue weighted by atomic mass is 9.92. The molecule has 0 atom stereocenters. The highest BCUT2D eigenvalue weighted by Crippen LogP contribution is 2.20. The van der Waals surface area contributed by atoms with Gasteiger partial charge in [-0.1, -0.05) is 19.0 Å². The SMILES string of the molecule is CN1CC(C)(C)CN=C1/C=N/O. The van der Waals surface area contributed by atoms with Crippen molar-refractivity contribution in [2.24, 2.45) is 15.6 Å². The van der Waals surface area contributed by atoms with Crippen LogP contribution < -0.4 is 0 Å². The number of nitrogens with zero attached hydrogens (tertiary/aromatic N) is 3. The quantitative estimate of drug-likeness (QED) is 0.359. The highest BCUT2D eigenvalue weighted by molar-refractivity contribution is 6.29. The van der Waals surface area contributed by atoms with Crippen molar-refractivity contribution in [2.45, 2.75) is 13.8 Å². The predicted octanol–water partition coefficient (Wildman–Crippen LogP) is 0.817. The van der Waals surface area contributed by atoms with E-state index in [0.717, 1.165) is 18.9 Å². The monoisotopic (exact) mass is 169 g/mol. The van der Waals surface area contributed by atoms with Gasteiger partial charge in [0.25, 0.3) is 0 Å². The fraction of sp³-hybridized carbons (Fsp3) is 0.750. The van der Waals surface area contributed by atoms with Gasteiger partial charge >= 0.3 is 0 Å². The Bertz CT molecular complexity index is 220. The van der Waals surface area contributed by atoms with Gasteiger partial charge in [-0.25, -0.2) is 0 Å². The second kappa shape index (κ2) is 3.13. The molecule has 0 aromatic rings. The smallest absolute Gasteiger partial charge is 0.145 e. The lowest BCUT2D eigenvalue weighted by Crippen LogP contribution is -2.42. The third kappa shape index (κ3) is 1.96. The van der Waals surface area contributed by atoms with Crippen LogP contribution in [-0.2, 0) is 0 Å². The van der Waals surface area contributed by atoms with Gasteiger partial charge in [0, 0.05) is 25.6 Å². The first-order chi connectivity index (χ1) is 5.55. The molecule has 68 valence electrons. The minimum Gasteiger partial charge on any atom is -0.411 e. The molecule has 0 saturated carbocycles. The molecule has 1 heterocycles. The Morgan fingerprint density at radius 2 is 2.33 bits per heavy atom. The summed E-state index contributed by atoms with van der Waals surface area (Å²) in [7, 11) is 1.95. The van der Waals surface area contributed by atoms with Crippen molar-refractivity contribution in [1.29, 1.82) is 0 Å². The van der Waals surface area contributed by atoms with Crippen molar-refractivity contribution < 1.29 is 5.21 Å². The summed E-state index contributed by atoms with van der Waals surface area (Å²) in [5.41, 5.74) is 0.224. The Kier molecular flexibility index (Phi) is 2.35. The van der Waals surface area contributed by atoms with Crippen LogP contribution in [-0.4, -0.2) is 42.3 Å². The normalized spacial score (nSPS) is 22.9. The first kappa shape index (κ1) is 9.03. The molecule has 4 nitrogen and oxygen atoms in total. The Balaban J connectivity index is 2.74. The Morgan fingerprint density at radius 1 is 1.67 bits per heavy atom. The number of oxime groups is 1. The van der Waals surface area contributed by atoms with Crippen LogP contribution in [0.3, 0.4) is 0 Å². The molecular weight excluding hydrogens is 154 g/mol. The van der Waals surface area contributed by atoms with Gasteiger partial charge in [0.1, 0.15) is 12.1 Å². The number of rotatable bonds is 1. The van der Waals surface area contributed by atoms with Crippen molar-refractivity contribution in [1.82, 2.24) is 4.90 Å². The average molecular weight is 169 g/mol. The topological polar surface area (TPSA) is 48.2 Å². The van der Waals surface area contributed by atoms with E-state index >= 15 is 0 Å². The fourth-order valence-electron chi connectivity index (χ4n) is 1.38. The molecule has 1 rings (SSSR count). The highest BCUT2D eigenvalue weighted by atomic mass is 16.4. The van der Waals surface area contributed by atoms with Crippen molar-refractivity contribution >= 4 is 12.1 Å². The summed E-state index contributed by atoms with van der Waals surface area (Å²) < 4.78 is 0. The summed E-state index contributed by atoms with van der Waals surface area (Å²) in [5.74, 6) is 0.747. The molecule has 0 aliphatic carbocycles. The van der Waals surface area contributed by atoms with E-state index in [9.17, 15) is 0 Å². The Hall–Kier alpha value is -1.06. The van der Waals surface area contributed by atoms with Gasteiger partial charge in [0.05, 0.1) is 0 Å². The number of aliphatic imine (C=N–C) groups is 1. The molecule has 0 fully saturated rings. The minimum absolute atomic E-state index is 0.224. The summed E-state index contributed by atoms with van der Waals surface area (Å²) in [6.45, 7) is 6.07. The van der Waals surface area contributed by atoms with Crippen LogP contribution in [0.1, 0.15) is 13.8 Å². The van der Waals surface area contributed by atoms with Crippen LogP contribution >= 0.6 is 0 Å². The predicted molar refractivity (Wildman–Crippen MR) is 49.0 cm³/mol. The second-order valence-electron chi connectivity index (χ2n) is 3.94. The number of hydrogen-bond acceptors (Lipinski definition) is 4. The van der Waals surface area contributed by atoms with Crippen LogP contribution in [0.25, 0.3) is 0 Å². The molecule has 0 spiro atoms. The van der Waals surface area contributed by atoms with Gasteiger partial charge < -0.3 is 10.1 Å². The molecule has 0 unspecified atom stereocenters. The number of hydrogen-bond donors (Lipinski definition) is 1. The third-order valence-electron chi connectivity index (χ3n) is 1.90. The van der Waals surface area contributed by atoms with Gasteiger partial charge in [-0.05, 0) is 0 Å². The van der Waals surface area contributed by atoms with E-state index in [1.54, 1.807) is 0 Å². The maximum absolute atomic E-state index is 8.33. The molecular formula is C8H15N3O. The standard InChI is InChI=1S/C8H15N3O/c1-8(2)5-9-7(4-10-12)11(3)6-8/h4,12H,5-6H2,1-3H3/b10-4+. The maximum atomic E-state index is 8.33. The second-order valence-corrected chi connectivity index (χ2v) is 3.94. The van der Waals surface area contributed by atoms with Crippen molar-refractivity contribution in [3.63, 3.8) is 0 Å². The molecule has 4 heteroatoms. The van der Waals surface area contributed by atoms with E-state index < -0.39 is 0 Å². The van der Waals surface area contributed by atoms with E-state index in [1.165, 1.54) is 6.21 Å². The lowest BCUT2D eigenvalue weighted by molar-refractivity contribution is 0.268. The molecule has 0 amide bonds.